The molecule has 0 spiro atoms. The van der Waals surface area contributed by atoms with Gasteiger partial charge in [-0.25, -0.2) is 4.79 Å². The van der Waals surface area contributed by atoms with Crippen LogP contribution in [0, 0.1) is 5.92 Å². The van der Waals surface area contributed by atoms with E-state index in [2.05, 4.69) is 6.08 Å². The van der Waals surface area contributed by atoms with Crippen LogP contribution in [0.1, 0.15) is 56.5 Å². The van der Waals surface area contributed by atoms with Gasteiger partial charge in [0.15, 0.2) is 11.5 Å². The fraction of sp³-hybridized carbons (Fsp3) is 0.484. The normalized spacial score (nSPS) is 14.5. The lowest BCUT2D eigenvalue weighted by Gasteiger charge is -2.36. The van der Waals surface area contributed by atoms with Crippen LogP contribution >= 0.6 is 0 Å². The molecule has 0 unspecified atom stereocenters. The zero-order valence-electron chi connectivity index (χ0n) is 24.3. The summed E-state index contributed by atoms with van der Waals surface area (Å²) in [4.78, 5) is 30.1. The van der Waals surface area contributed by atoms with E-state index in [1.807, 2.05) is 62.9 Å². The third kappa shape index (κ3) is 8.40. The van der Waals surface area contributed by atoms with Gasteiger partial charge in [-0.2, -0.15) is 0 Å². The molecule has 0 atom stereocenters. The van der Waals surface area contributed by atoms with Crippen molar-refractivity contribution in [1.29, 1.82) is 0 Å². The zero-order chi connectivity index (χ0) is 28.6. The maximum absolute atomic E-state index is 13.9. The molecule has 0 radical (unpaired) electrons. The molecule has 212 valence electrons. The second kappa shape index (κ2) is 13.4. The highest BCUT2D eigenvalue weighted by atomic mass is 16.6. The number of hydrogen-bond donors (Lipinski definition) is 0. The largest absolute Gasteiger partial charge is 0.493 e. The van der Waals surface area contributed by atoms with E-state index >= 15 is 0 Å². The average molecular weight is 539 g/mol. The summed E-state index contributed by atoms with van der Waals surface area (Å²) in [5.74, 6) is 1.44. The minimum Gasteiger partial charge on any atom is -0.493 e. The third-order valence-corrected chi connectivity index (χ3v) is 6.60. The van der Waals surface area contributed by atoms with E-state index < -0.39 is 5.60 Å². The molecule has 3 rings (SSSR count). The number of benzene rings is 2. The summed E-state index contributed by atoms with van der Waals surface area (Å²) >= 11 is 0. The number of methoxy groups -OCH3 is 3. The molecule has 1 aliphatic heterocycles. The highest BCUT2D eigenvalue weighted by molar-refractivity contribution is 5.96. The van der Waals surface area contributed by atoms with Crippen molar-refractivity contribution in [3.63, 3.8) is 0 Å². The zero-order valence-corrected chi connectivity index (χ0v) is 24.3. The maximum Gasteiger partial charge on any atom is 0.410 e. The molecular formula is C31H42N2O6. The predicted molar refractivity (Wildman–Crippen MR) is 153 cm³/mol. The number of amides is 2. The SMILES string of the molecule is COc1cc(C(=O)N(CC(C)=Cc2ccccc2)CC2CCN(C(=O)OC(C)(C)C)CC2)cc(OC)c1OC. The monoisotopic (exact) mass is 538 g/mol. The lowest BCUT2D eigenvalue weighted by atomic mass is 9.95. The molecule has 8 nitrogen and oxygen atoms in total. The molecule has 2 amide bonds. The first-order valence-electron chi connectivity index (χ1n) is 13.3. The molecular weight excluding hydrogens is 496 g/mol. The minimum atomic E-state index is -0.528. The van der Waals surface area contributed by atoms with Gasteiger partial charge in [-0.05, 0) is 64.2 Å². The highest BCUT2D eigenvalue weighted by Crippen LogP contribution is 2.38. The van der Waals surface area contributed by atoms with Crippen LogP contribution in [0.5, 0.6) is 17.2 Å². The van der Waals surface area contributed by atoms with Crippen LogP contribution in [-0.2, 0) is 4.74 Å². The lowest BCUT2D eigenvalue weighted by Crippen LogP contribution is -2.45. The summed E-state index contributed by atoms with van der Waals surface area (Å²) in [6.07, 6.45) is 3.40. The van der Waals surface area contributed by atoms with E-state index in [0.717, 1.165) is 24.0 Å². The first-order chi connectivity index (χ1) is 18.5. The standard InChI is InChI=1S/C31H42N2O6/c1-22(17-23-11-9-8-10-12-23)20-33(21-24-13-15-32(16-14-24)30(35)39-31(2,3)4)29(34)25-18-26(36-5)28(38-7)27(19-25)37-6/h8-12,17-19,24H,13-16,20-21H2,1-7H3. The molecule has 1 heterocycles. The molecule has 1 saturated heterocycles. The van der Waals surface area contributed by atoms with Crippen LogP contribution in [0.25, 0.3) is 6.08 Å². The number of rotatable bonds is 9. The van der Waals surface area contributed by atoms with E-state index in [1.54, 1.807) is 17.0 Å². The van der Waals surface area contributed by atoms with Crippen molar-refractivity contribution in [3.8, 4) is 17.2 Å². The number of carbonyl (C=O) groups is 2. The summed E-state index contributed by atoms with van der Waals surface area (Å²) in [5, 5.41) is 0. The maximum atomic E-state index is 13.9. The van der Waals surface area contributed by atoms with Crippen molar-refractivity contribution in [2.45, 2.75) is 46.1 Å². The lowest BCUT2D eigenvalue weighted by molar-refractivity contribution is 0.0168. The molecule has 0 aliphatic carbocycles. The number of likely N-dealkylation sites (tertiary alicyclic amines) is 1. The Morgan fingerprint density at radius 1 is 0.974 bits per heavy atom. The Labute approximate surface area is 232 Å². The van der Waals surface area contributed by atoms with Gasteiger partial charge in [0, 0.05) is 31.7 Å². The van der Waals surface area contributed by atoms with Crippen LogP contribution in [0.3, 0.4) is 0 Å². The summed E-state index contributed by atoms with van der Waals surface area (Å²) in [7, 11) is 4.61. The van der Waals surface area contributed by atoms with Gasteiger partial charge in [0.2, 0.25) is 5.75 Å². The van der Waals surface area contributed by atoms with E-state index in [9.17, 15) is 9.59 Å². The Morgan fingerprint density at radius 2 is 1.56 bits per heavy atom. The minimum absolute atomic E-state index is 0.121. The fourth-order valence-electron chi connectivity index (χ4n) is 4.72. The molecule has 2 aromatic carbocycles. The van der Waals surface area contributed by atoms with Crippen LogP contribution in [0.15, 0.2) is 48.0 Å². The smallest absolute Gasteiger partial charge is 0.410 e. The quantitative estimate of drug-likeness (QED) is 0.395. The Hall–Kier alpha value is -3.68. The molecule has 0 bridgehead atoms. The molecule has 2 aromatic rings. The predicted octanol–water partition coefficient (Wildman–Crippen LogP) is 5.91. The highest BCUT2D eigenvalue weighted by Gasteiger charge is 2.29. The summed E-state index contributed by atoms with van der Waals surface area (Å²) in [6.45, 7) is 9.89. The van der Waals surface area contributed by atoms with Crippen LogP contribution in [0.4, 0.5) is 4.79 Å². The molecule has 39 heavy (non-hydrogen) atoms. The van der Waals surface area contributed by atoms with Crippen LogP contribution < -0.4 is 14.2 Å². The summed E-state index contributed by atoms with van der Waals surface area (Å²) in [6, 6.07) is 13.4. The molecule has 8 heteroatoms. The second-order valence-electron chi connectivity index (χ2n) is 10.9. The number of nitrogens with zero attached hydrogens (tertiary/aromatic N) is 2. The van der Waals surface area contributed by atoms with Gasteiger partial charge in [0.25, 0.3) is 5.91 Å². The van der Waals surface area contributed by atoms with Gasteiger partial charge in [0.05, 0.1) is 21.3 Å². The topological polar surface area (TPSA) is 77.5 Å². The summed E-state index contributed by atoms with van der Waals surface area (Å²) in [5.41, 5.74) is 2.08. The second-order valence-corrected chi connectivity index (χ2v) is 10.9. The van der Waals surface area contributed by atoms with Crippen LogP contribution in [-0.4, -0.2) is 74.9 Å². The van der Waals surface area contributed by atoms with Crippen molar-refractivity contribution in [2.24, 2.45) is 5.92 Å². The molecule has 1 fully saturated rings. The fourth-order valence-corrected chi connectivity index (χ4v) is 4.72. The molecule has 0 N–H and O–H groups in total. The average Bonchev–Trinajstić information content (AvgIpc) is 2.91. The van der Waals surface area contributed by atoms with E-state index in [0.29, 0.717) is 49.0 Å². The first-order valence-corrected chi connectivity index (χ1v) is 13.3. The Bertz CT molecular complexity index is 1120. The van der Waals surface area contributed by atoms with Gasteiger partial charge in [-0.1, -0.05) is 42.0 Å². The molecule has 0 aromatic heterocycles. The molecule has 0 saturated carbocycles. The number of hydrogen-bond acceptors (Lipinski definition) is 6. The van der Waals surface area contributed by atoms with Crippen molar-refractivity contribution in [3.05, 3.63) is 59.2 Å². The first kappa shape index (κ1) is 29.9. The van der Waals surface area contributed by atoms with Crippen molar-refractivity contribution >= 4 is 18.1 Å². The van der Waals surface area contributed by atoms with Crippen LogP contribution in [0.2, 0.25) is 0 Å². The van der Waals surface area contributed by atoms with Gasteiger partial charge < -0.3 is 28.7 Å². The summed E-state index contributed by atoms with van der Waals surface area (Å²) < 4.78 is 22.0. The van der Waals surface area contributed by atoms with Crippen molar-refractivity contribution < 1.29 is 28.5 Å². The number of piperidine rings is 1. The molecule has 1 aliphatic rings. The van der Waals surface area contributed by atoms with Gasteiger partial charge >= 0.3 is 6.09 Å². The van der Waals surface area contributed by atoms with Gasteiger partial charge in [-0.15, -0.1) is 0 Å². The van der Waals surface area contributed by atoms with E-state index in [1.165, 1.54) is 21.3 Å². The number of carbonyl (C=O) groups excluding carboxylic acids is 2. The number of ether oxygens (including phenoxy) is 4. The Kier molecular flexibility index (Phi) is 10.3. The Morgan fingerprint density at radius 3 is 2.08 bits per heavy atom. The Balaban J connectivity index is 1.82. The van der Waals surface area contributed by atoms with Gasteiger partial charge in [0.1, 0.15) is 5.60 Å². The third-order valence-electron chi connectivity index (χ3n) is 6.60. The van der Waals surface area contributed by atoms with Crippen molar-refractivity contribution in [1.82, 2.24) is 9.80 Å². The van der Waals surface area contributed by atoms with E-state index in [-0.39, 0.29) is 17.9 Å². The van der Waals surface area contributed by atoms with E-state index in [4.69, 9.17) is 18.9 Å². The van der Waals surface area contributed by atoms with Gasteiger partial charge in [-0.3, -0.25) is 4.79 Å². The van der Waals surface area contributed by atoms with Crippen molar-refractivity contribution in [2.75, 3.05) is 47.5 Å².